The minimum atomic E-state index is -1.35. The van der Waals surface area contributed by atoms with Gasteiger partial charge in [-0.2, -0.15) is 0 Å². The fourth-order valence-electron chi connectivity index (χ4n) is 1.64. The summed E-state index contributed by atoms with van der Waals surface area (Å²) in [5.74, 6) is -0.230. The molecule has 104 valence electrons. The molecule has 0 saturated heterocycles. The molecule has 0 spiro atoms. The Balaban J connectivity index is 2.32. The predicted molar refractivity (Wildman–Crippen MR) is 81.3 cm³/mol. The van der Waals surface area contributed by atoms with Gasteiger partial charge >= 0.3 is 0 Å². The van der Waals surface area contributed by atoms with Crippen molar-refractivity contribution in [3.05, 3.63) is 47.5 Å². The quantitative estimate of drug-likeness (QED) is 0.675. The predicted octanol–water partition coefficient (Wildman–Crippen LogP) is 3.05. The Hall–Kier alpha value is -1.69. The van der Waals surface area contributed by atoms with Crippen molar-refractivity contribution in [2.24, 2.45) is 0 Å². The van der Waals surface area contributed by atoms with Crippen molar-refractivity contribution in [3.8, 4) is 0 Å². The van der Waals surface area contributed by atoms with Gasteiger partial charge in [0, 0.05) is 29.2 Å². The highest BCUT2D eigenvalue weighted by Crippen LogP contribution is 2.27. The van der Waals surface area contributed by atoms with E-state index in [0.717, 1.165) is 0 Å². The van der Waals surface area contributed by atoms with E-state index in [4.69, 9.17) is 17.3 Å². The topological polar surface area (TPSA) is 78.2 Å². The lowest BCUT2D eigenvalue weighted by atomic mass is 10.2. The van der Waals surface area contributed by atoms with Gasteiger partial charge in [-0.3, -0.25) is 4.79 Å². The maximum atomic E-state index is 12.4. The first-order valence-corrected chi connectivity index (χ1v) is 7.34. The highest BCUT2D eigenvalue weighted by Gasteiger charge is 2.16. The molecule has 0 aliphatic rings. The lowest BCUT2D eigenvalue weighted by molar-refractivity contribution is -0.114. The molecule has 3 N–H and O–H groups in total. The molecule has 0 radical (unpaired) electrons. The SMILES string of the molecule is CC(=O)Nc1cc([S+]([O-])c2ccc(Cl)cc2)ccc1N. The third kappa shape index (κ3) is 3.45. The van der Waals surface area contributed by atoms with Gasteiger partial charge in [-0.1, -0.05) is 11.6 Å². The van der Waals surface area contributed by atoms with Crippen LogP contribution < -0.4 is 11.1 Å². The van der Waals surface area contributed by atoms with E-state index in [9.17, 15) is 9.35 Å². The fourth-order valence-corrected chi connectivity index (χ4v) is 2.84. The molecule has 20 heavy (non-hydrogen) atoms. The summed E-state index contributed by atoms with van der Waals surface area (Å²) in [6.45, 7) is 1.39. The van der Waals surface area contributed by atoms with Crippen LogP contribution in [0.2, 0.25) is 5.02 Å². The number of rotatable bonds is 3. The standard InChI is InChI=1S/C14H13ClN2O2S/c1-9(18)17-14-8-12(6-7-13(14)16)20(19)11-4-2-10(15)3-5-11/h2-8H,16H2,1H3,(H,17,18). The molecule has 0 saturated carbocycles. The number of nitrogens with one attached hydrogen (secondary N) is 1. The van der Waals surface area contributed by atoms with Gasteiger partial charge in [-0.05, 0) is 36.4 Å². The third-order valence-corrected chi connectivity index (χ3v) is 4.21. The van der Waals surface area contributed by atoms with Crippen LogP contribution in [0.15, 0.2) is 52.3 Å². The van der Waals surface area contributed by atoms with Crippen LogP contribution in [-0.4, -0.2) is 10.5 Å². The highest BCUT2D eigenvalue weighted by atomic mass is 35.5. The molecule has 4 nitrogen and oxygen atoms in total. The lowest BCUT2D eigenvalue weighted by Crippen LogP contribution is -2.10. The minimum Gasteiger partial charge on any atom is -0.606 e. The van der Waals surface area contributed by atoms with Gasteiger partial charge in [-0.25, -0.2) is 0 Å². The summed E-state index contributed by atoms with van der Waals surface area (Å²) in [5, 5.41) is 3.19. The summed E-state index contributed by atoms with van der Waals surface area (Å²) in [5.41, 5.74) is 6.65. The van der Waals surface area contributed by atoms with Crippen molar-refractivity contribution in [1.29, 1.82) is 0 Å². The van der Waals surface area contributed by atoms with Crippen LogP contribution in [0.1, 0.15) is 6.92 Å². The van der Waals surface area contributed by atoms with Crippen molar-refractivity contribution in [1.82, 2.24) is 0 Å². The van der Waals surface area contributed by atoms with Gasteiger partial charge in [0.25, 0.3) is 0 Å². The van der Waals surface area contributed by atoms with Crippen LogP contribution in [0, 0.1) is 0 Å². The van der Waals surface area contributed by atoms with Crippen LogP contribution in [0.25, 0.3) is 0 Å². The number of hydrogen-bond acceptors (Lipinski definition) is 3. The first-order valence-electron chi connectivity index (χ1n) is 5.82. The van der Waals surface area contributed by atoms with Gasteiger partial charge in [0.2, 0.25) is 5.91 Å². The summed E-state index contributed by atoms with van der Waals surface area (Å²) < 4.78 is 12.4. The van der Waals surface area contributed by atoms with Crippen LogP contribution >= 0.6 is 11.6 Å². The molecular weight excluding hydrogens is 296 g/mol. The van der Waals surface area contributed by atoms with Crippen LogP contribution in [-0.2, 0) is 16.0 Å². The highest BCUT2D eigenvalue weighted by molar-refractivity contribution is 7.91. The molecular formula is C14H13ClN2O2S. The average Bonchev–Trinajstić information content (AvgIpc) is 2.41. The Kier molecular flexibility index (Phi) is 4.54. The normalized spacial score (nSPS) is 11.9. The number of anilines is 2. The van der Waals surface area contributed by atoms with Gasteiger partial charge in [-0.15, -0.1) is 0 Å². The molecule has 1 amide bonds. The van der Waals surface area contributed by atoms with E-state index in [1.807, 2.05) is 0 Å². The van der Waals surface area contributed by atoms with E-state index in [-0.39, 0.29) is 5.91 Å². The first kappa shape index (κ1) is 14.7. The zero-order valence-electron chi connectivity index (χ0n) is 10.7. The van der Waals surface area contributed by atoms with Gasteiger partial charge < -0.3 is 15.6 Å². The molecule has 0 bridgehead atoms. The Bertz CT molecular complexity index is 632. The summed E-state index contributed by atoms with van der Waals surface area (Å²) in [6.07, 6.45) is 0. The van der Waals surface area contributed by atoms with Crippen LogP contribution in [0.5, 0.6) is 0 Å². The summed E-state index contributed by atoms with van der Waals surface area (Å²) in [4.78, 5) is 12.3. The second-order valence-corrected chi connectivity index (χ2v) is 6.07. The van der Waals surface area contributed by atoms with E-state index in [0.29, 0.717) is 26.2 Å². The van der Waals surface area contributed by atoms with E-state index in [1.54, 1.807) is 42.5 Å². The lowest BCUT2D eigenvalue weighted by Gasteiger charge is -2.12. The Morgan fingerprint density at radius 3 is 2.40 bits per heavy atom. The van der Waals surface area contributed by atoms with Crippen molar-refractivity contribution >= 4 is 40.1 Å². The molecule has 2 aromatic carbocycles. The third-order valence-electron chi connectivity index (χ3n) is 2.58. The second-order valence-electron chi connectivity index (χ2n) is 4.15. The van der Waals surface area contributed by atoms with E-state index in [1.165, 1.54) is 6.92 Å². The smallest absolute Gasteiger partial charge is 0.221 e. The molecule has 2 rings (SSSR count). The molecule has 1 unspecified atom stereocenters. The van der Waals surface area contributed by atoms with Crippen molar-refractivity contribution < 1.29 is 9.35 Å². The molecule has 0 fully saturated rings. The maximum Gasteiger partial charge on any atom is 0.221 e. The van der Waals surface area contributed by atoms with Gasteiger partial charge in [0.1, 0.15) is 0 Å². The van der Waals surface area contributed by atoms with E-state index < -0.39 is 11.2 Å². The number of carbonyl (C=O) groups excluding carboxylic acids is 1. The summed E-state index contributed by atoms with van der Waals surface area (Å²) in [7, 11) is 0. The van der Waals surface area contributed by atoms with Crippen molar-refractivity contribution in [2.45, 2.75) is 16.7 Å². The number of carbonyl (C=O) groups is 1. The zero-order chi connectivity index (χ0) is 14.7. The fraction of sp³-hybridized carbons (Fsp3) is 0.0714. The maximum absolute atomic E-state index is 12.4. The minimum absolute atomic E-state index is 0.230. The Labute approximate surface area is 125 Å². The molecule has 0 heterocycles. The molecule has 0 aromatic heterocycles. The Morgan fingerprint density at radius 2 is 1.80 bits per heavy atom. The average molecular weight is 309 g/mol. The van der Waals surface area contributed by atoms with E-state index in [2.05, 4.69) is 5.32 Å². The largest absolute Gasteiger partial charge is 0.606 e. The molecule has 0 aliphatic heterocycles. The molecule has 6 heteroatoms. The molecule has 2 aromatic rings. The second kappa shape index (κ2) is 6.17. The molecule has 0 aliphatic carbocycles. The number of benzene rings is 2. The number of hydrogen-bond donors (Lipinski definition) is 2. The van der Waals surface area contributed by atoms with E-state index >= 15 is 0 Å². The Morgan fingerprint density at radius 1 is 1.20 bits per heavy atom. The van der Waals surface area contributed by atoms with Crippen LogP contribution in [0.4, 0.5) is 11.4 Å². The van der Waals surface area contributed by atoms with Crippen LogP contribution in [0.3, 0.4) is 0 Å². The monoisotopic (exact) mass is 308 g/mol. The van der Waals surface area contributed by atoms with Gasteiger partial charge in [0.05, 0.1) is 11.4 Å². The summed E-state index contributed by atoms with van der Waals surface area (Å²) in [6, 6.07) is 11.7. The van der Waals surface area contributed by atoms with Gasteiger partial charge in [0.15, 0.2) is 9.79 Å². The number of nitrogens with two attached hydrogens (primary N) is 1. The van der Waals surface area contributed by atoms with Crippen molar-refractivity contribution in [2.75, 3.05) is 11.1 Å². The first-order chi connectivity index (χ1) is 9.47. The zero-order valence-corrected chi connectivity index (χ0v) is 12.3. The summed E-state index contributed by atoms with van der Waals surface area (Å²) >= 11 is 4.45. The van der Waals surface area contributed by atoms with Crippen molar-refractivity contribution in [3.63, 3.8) is 0 Å². The number of halogens is 1. The molecule has 1 atom stereocenters. The number of amides is 1. The number of nitrogen functional groups attached to an aromatic ring is 1.